The molecule has 0 spiro atoms. The fourth-order valence-corrected chi connectivity index (χ4v) is 4.55. The number of phenolic OH excluding ortho intramolecular Hbond substituents is 1. The minimum Gasteiger partial charge on any atom is -0.506 e. The van der Waals surface area contributed by atoms with Gasteiger partial charge in [-0.15, -0.1) is 0 Å². The van der Waals surface area contributed by atoms with Gasteiger partial charge in [-0.25, -0.2) is 4.99 Å². The summed E-state index contributed by atoms with van der Waals surface area (Å²) in [5.74, 6) is 0.173. The van der Waals surface area contributed by atoms with Crippen molar-refractivity contribution in [1.82, 2.24) is 0 Å². The summed E-state index contributed by atoms with van der Waals surface area (Å²) in [6, 6.07) is 11.2. The Labute approximate surface area is 159 Å². The fraction of sp³-hybridized carbons (Fsp3) is 0.0588. The minimum atomic E-state index is -0.318. The molecule has 0 bridgehead atoms. The molecule has 24 heavy (non-hydrogen) atoms. The number of hydrogen-bond donors (Lipinski definition) is 1. The Hall–Kier alpha value is -1.57. The maximum atomic E-state index is 12.2. The Balaban J connectivity index is 1.96. The van der Waals surface area contributed by atoms with Crippen molar-refractivity contribution < 1.29 is 14.6 Å². The highest BCUT2D eigenvalue weighted by Crippen LogP contribution is 2.43. The molecule has 0 atom stereocenters. The van der Waals surface area contributed by atoms with E-state index in [-0.39, 0.29) is 11.7 Å². The maximum absolute atomic E-state index is 12.2. The van der Waals surface area contributed by atoms with Crippen LogP contribution in [0.15, 0.2) is 55.2 Å². The van der Waals surface area contributed by atoms with Crippen molar-refractivity contribution in [2.45, 2.75) is 0 Å². The molecule has 3 rings (SSSR count). The monoisotopic (exact) mass is 467 g/mol. The van der Waals surface area contributed by atoms with Crippen LogP contribution in [-0.2, 0) is 4.79 Å². The largest absolute Gasteiger partial charge is 0.506 e. The summed E-state index contributed by atoms with van der Waals surface area (Å²) in [7, 11) is 1.51. The van der Waals surface area contributed by atoms with E-state index in [2.05, 4.69) is 36.9 Å². The van der Waals surface area contributed by atoms with E-state index in [0.717, 1.165) is 5.56 Å². The summed E-state index contributed by atoms with van der Waals surface area (Å²) in [5.41, 5.74) is 1.38. The summed E-state index contributed by atoms with van der Waals surface area (Å²) in [5, 5.41) is 11.0. The van der Waals surface area contributed by atoms with Gasteiger partial charge < -0.3 is 9.84 Å². The maximum Gasteiger partial charge on any atom is 0.284 e. The smallest absolute Gasteiger partial charge is 0.284 e. The average molecular weight is 469 g/mol. The Morgan fingerprint density at radius 2 is 1.96 bits per heavy atom. The second-order valence-corrected chi connectivity index (χ2v) is 7.52. The molecule has 0 unspecified atom stereocenters. The number of carbonyl (C=O) groups excluding carboxylic acids is 1. The number of carbonyl (C=O) groups is 1. The number of methoxy groups -OCH3 is 1. The summed E-state index contributed by atoms with van der Waals surface area (Å²) >= 11 is 7.98. The van der Waals surface area contributed by atoms with Gasteiger partial charge in [0.1, 0.15) is 15.3 Å². The minimum absolute atomic E-state index is 0.00381. The standard InChI is InChI=1S/C17H11Br2NO3S/c1-23-15-11(18)7-10(14(21)13(15)19)8-12-16(22)20-17(24-12)9-5-3-2-4-6-9/h2-8,21H,1H3/b12-8+. The Morgan fingerprint density at radius 3 is 2.62 bits per heavy atom. The molecule has 0 aromatic heterocycles. The zero-order valence-electron chi connectivity index (χ0n) is 12.4. The van der Waals surface area contributed by atoms with Gasteiger partial charge in [0.15, 0.2) is 5.75 Å². The predicted octanol–water partition coefficient (Wildman–Crippen LogP) is 4.99. The molecule has 0 radical (unpaired) electrons. The molecule has 4 nitrogen and oxygen atoms in total. The van der Waals surface area contributed by atoms with Crippen LogP contribution in [0.5, 0.6) is 11.5 Å². The van der Waals surface area contributed by atoms with Crippen LogP contribution < -0.4 is 4.74 Å². The summed E-state index contributed by atoms with van der Waals surface area (Å²) < 4.78 is 6.30. The molecule has 1 aliphatic rings. The number of phenols is 1. The van der Waals surface area contributed by atoms with Gasteiger partial charge in [0.25, 0.3) is 5.91 Å². The lowest BCUT2D eigenvalue weighted by atomic mass is 10.1. The molecule has 7 heteroatoms. The van der Waals surface area contributed by atoms with Gasteiger partial charge in [-0.1, -0.05) is 42.1 Å². The normalized spacial score (nSPS) is 15.7. The van der Waals surface area contributed by atoms with E-state index in [1.807, 2.05) is 30.3 Å². The first kappa shape index (κ1) is 17.3. The lowest BCUT2D eigenvalue weighted by Gasteiger charge is -2.10. The molecule has 0 aliphatic carbocycles. The zero-order valence-corrected chi connectivity index (χ0v) is 16.4. The molecule has 1 aliphatic heterocycles. The SMILES string of the molecule is COc1c(Br)cc(/C=C2/SC(c3ccccc3)=NC2=O)c(O)c1Br. The first-order valence-electron chi connectivity index (χ1n) is 6.84. The highest BCUT2D eigenvalue weighted by atomic mass is 79.9. The molecule has 1 heterocycles. The summed E-state index contributed by atoms with van der Waals surface area (Å²) in [4.78, 5) is 16.7. The third-order valence-corrected chi connectivity index (χ3v) is 5.67. The van der Waals surface area contributed by atoms with Crippen molar-refractivity contribution in [3.8, 4) is 11.5 Å². The van der Waals surface area contributed by atoms with E-state index in [9.17, 15) is 9.90 Å². The van der Waals surface area contributed by atoms with E-state index in [1.54, 1.807) is 12.1 Å². The van der Waals surface area contributed by atoms with Gasteiger partial charge in [-0.05, 0) is 44.0 Å². The molecular weight excluding hydrogens is 458 g/mol. The van der Waals surface area contributed by atoms with E-state index in [4.69, 9.17) is 4.74 Å². The Bertz CT molecular complexity index is 879. The number of benzene rings is 2. The van der Waals surface area contributed by atoms with Crippen LogP contribution >= 0.6 is 43.6 Å². The van der Waals surface area contributed by atoms with Crippen LogP contribution in [0, 0.1) is 0 Å². The summed E-state index contributed by atoms with van der Waals surface area (Å²) in [6.07, 6.45) is 1.62. The number of hydrogen-bond acceptors (Lipinski definition) is 4. The predicted molar refractivity (Wildman–Crippen MR) is 104 cm³/mol. The highest BCUT2D eigenvalue weighted by molar-refractivity contribution is 9.11. The third-order valence-electron chi connectivity index (χ3n) is 3.31. The van der Waals surface area contributed by atoms with Gasteiger partial charge in [0, 0.05) is 11.1 Å². The lowest BCUT2D eigenvalue weighted by molar-refractivity contribution is -0.113. The quantitative estimate of drug-likeness (QED) is 0.645. The highest BCUT2D eigenvalue weighted by Gasteiger charge is 2.24. The van der Waals surface area contributed by atoms with Crippen molar-refractivity contribution in [1.29, 1.82) is 0 Å². The Morgan fingerprint density at radius 1 is 1.25 bits per heavy atom. The fourth-order valence-electron chi connectivity index (χ4n) is 2.16. The van der Waals surface area contributed by atoms with Crippen molar-refractivity contribution in [3.63, 3.8) is 0 Å². The lowest BCUT2D eigenvalue weighted by Crippen LogP contribution is -1.91. The molecule has 1 N–H and O–H groups in total. The molecule has 0 fully saturated rings. The van der Waals surface area contributed by atoms with Crippen LogP contribution in [0.3, 0.4) is 0 Å². The number of rotatable bonds is 3. The molecule has 1 amide bonds. The number of aromatic hydroxyl groups is 1. The van der Waals surface area contributed by atoms with Gasteiger partial charge in [0.05, 0.1) is 16.5 Å². The number of halogens is 2. The van der Waals surface area contributed by atoms with Gasteiger partial charge >= 0.3 is 0 Å². The zero-order chi connectivity index (χ0) is 17.3. The number of amides is 1. The molecule has 2 aromatic carbocycles. The van der Waals surface area contributed by atoms with E-state index in [0.29, 0.717) is 30.2 Å². The Kier molecular flexibility index (Phi) is 5.12. The van der Waals surface area contributed by atoms with Gasteiger partial charge in [-0.2, -0.15) is 0 Å². The second kappa shape index (κ2) is 7.13. The first-order valence-corrected chi connectivity index (χ1v) is 9.24. The molecule has 122 valence electrons. The molecule has 0 saturated carbocycles. The molecule has 2 aromatic rings. The second-order valence-electron chi connectivity index (χ2n) is 4.84. The summed E-state index contributed by atoms with van der Waals surface area (Å²) in [6.45, 7) is 0. The number of nitrogens with zero attached hydrogens (tertiary/aromatic N) is 1. The van der Waals surface area contributed by atoms with Crippen molar-refractivity contribution in [2.75, 3.05) is 7.11 Å². The molecular formula is C17H11Br2NO3S. The van der Waals surface area contributed by atoms with Crippen molar-refractivity contribution >= 4 is 60.6 Å². The average Bonchev–Trinajstić information content (AvgIpc) is 2.94. The first-order chi connectivity index (χ1) is 11.5. The van der Waals surface area contributed by atoms with Crippen molar-refractivity contribution in [2.24, 2.45) is 4.99 Å². The van der Waals surface area contributed by atoms with Crippen LogP contribution in [0.4, 0.5) is 0 Å². The van der Waals surface area contributed by atoms with Gasteiger partial charge in [-0.3, -0.25) is 4.79 Å². The number of ether oxygens (including phenoxy) is 1. The third kappa shape index (κ3) is 3.29. The van der Waals surface area contributed by atoms with E-state index in [1.165, 1.54) is 18.9 Å². The van der Waals surface area contributed by atoms with Crippen LogP contribution in [0.25, 0.3) is 6.08 Å². The number of thioether (sulfide) groups is 1. The van der Waals surface area contributed by atoms with Gasteiger partial charge in [0.2, 0.25) is 0 Å². The van der Waals surface area contributed by atoms with Crippen LogP contribution in [0.2, 0.25) is 0 Å². The van der Waals surface area contributed by atoms with E-state index >= 15 is 0 Å². The van der Waals surface area contributed by atoms with E-state index < -0.39 is 0 Å². The molecule has 0 saturated heterocycles. The topological polar surface area (TPSA) is 58.9 Å². The van der Waals surface area contributed by atoms with Crippen LogP contribution in [-0.4, -0.2) is 23.2 Å². The van der Waals surface area contributed by atoms with Crippen molar-refractivity contribution in [3.05, 3.63) is 61.4 Å². The van der Waals surface area contributed by atoms with Crippen LogP contribution in [0.1, 0.15) is 11.1 Å². The number of aliphatic imine (C=N–C) groups is 1.